The van der Waals surface area contributed by atoms with E-state index in [4.69, 9.17) is 0 Å². The van der Waals surface area contributed by atoms with Crippen molar-refractivity contribution in [3.63, 3.8) is 0 Å². The molecule has 1 aromatic carbocycles. The van der Waals surface area contributed by atoms with Gasteiger partial charge in [-0.05, 0) is 24.7 Å². The van der Waals surface area contributed by atoms with Gasteiger partial charge >= 0.3 is 6.18 Å². The third kappa shape index (κ3) is 2.90. The molecule has 19 heavy (non-hydrogen) atoms. The minimum absolute atomic E-state index is 0.115. The molecule has 1 unspecified atom stereocenters. The van der Waals surface area contributed by atoms with Gasteiger partial charge in [-0.3, -0.25) is 0 Å². The molecule has 1 aromatic heterocycles. The molecule has 1 N–H and O–H groups in total. The summed E-state index contributed by atoms with van der Waals surface area (Å²) >= 11 is 0. The Balaban J connectivity index is 2.51. The van der Waals surface area contributed by atoms with E-state index in [1.165, 1.54) is 24.5 Å². The Morgan fingerprint density at radius 2 is 1.68 bits per heavy atom. The highest BCUT2D eigenvalue weighted by Gasteiger charge is 2.35. The van der Waals surface area contributed by atoms with Crippen LogP contribution >= 0.6 is 0 Å². The van der Waals surface area contributed by atoms with E-state index in [9.17, 15) is 13.2 Å². The quantitative estimate of drug-likeness (QED) is 0.929. The number of hydrogen-bond acceptors (Lipinski definition) is 3. The maximum atomic E-state index is 13.0. The topological polar surface area (TPSA) is 37.8 Å². The maximum Gasteiger partial charge on any atom is 0.416 e. The van der Waals surface area contributed by atoms with Crippen LogP contribution in [-0.4, -0.2) is 17.0 Å². The van der Waals surface area contributed by atoms with Gasteiger partial charge in [-0.2, -0.15) is 13.2 Å². The summed E-state index contributed by atoms with van der Waals surface area (Å²) in [5.74, 6) is 0.307. The van der Waals surface area contributed by atoms with Crippen LogP contribution in [0.4, 0.5) is 13.2 Å². The van der Waals surface area contributed by atoms with Crippen LogP contribution in [0.5, 0.6) is 0 Å². The summed E-state index contributed by atoms with van der Waals surface area (Å²) in [5, 5.41) is 2.82. The molecule has 0 aliphatic heterocycles. The fourth-order valence-corrected chi connectivity index (χ4v) is 1.89. The van der Waals surface area contributed by atoms with Gasteiger partial charge in [0, 0.05) is 12.4 Å². The molecule has 0 aliphatic carbocycles. The van der Waals surface area contributed by atoms with Crippen molar-refractivity contribution >= 4 is 0 Å². The molecule has 0 bridgehead atoms. The highest BCUT2D eigenvalue weighted by molar-refractivity contribution is 5.35. The second kappa shape index (κ2) is 5.36. The highest BCUT2D eigenvalue weighted by atomic mass is 19.4. The molecular weight excluding hydrogens is 255 g/mol. The van der Waals surface area contributed by atoms with E-state index in [0.29, 0.717) is 5.82 Å². The van der Waals surface area contributed by atoms with Gasteiger partial charge in [0.25, 0.3) is 0 Å². The van der Waals surface area contributed by atoms with E-state index in [2.05, 4.69) is 15.3 Å². The van der Waals surface area contributed by atoms with Gasteiger partial charge in [0.1, 0.15) is 5.82 Å². The third-order valence-corrected chi connectivity index (χ3v) is 2.71. The lowest BCUT2D eigenvalue weighted by Crippen LogP contribution is -2.23. The third-order valence-electron chi connectivity index (χ3n) is 2.71. The van der Waals surface area contributed by atoms with Gasteiger partial charge in [-0.25, -0.2) is 9.97 Å². The number of rotatable bonds is 3. The standard InChI is InChI=1S/C13H12F3N3/c1-17-11(12-18-7-4-8-19-12)9-5-2-3-6-10(9)13(14,15)16/h2-8,11,17H,1H3. The summed E-state index contributed by atoms with van der Waals surface area (Å²) in [6.07, 6.45) is -1.40. The van der Waals surface area contributed by atoms with Gasteiger partial charge < -0.3 is 5.32 Å². The van der Waals surface area contributed by atoms with E-state index < -0.39 is 17.8 Å². The van der Waals surface area contributed by atoms with Crippen molar-refractivity contribution in [3.05, 3.63) is 59.7 Å². The average Bonchev–Trinajstić information content (AvgIpc) is 2.40. The van der Waals surface area contributed by atoms with Crippen molar-refractivity contribution in [1.82, 2.24) is 15.3 Å². The minimum atomic E-state index is -4.40. The fraction of sp³-hybridized carbons (Fsp3) is 0.231. The van der Waals surface area contributed by atoms with Crippen LogP contribution in [-0.2, 0) is 6.18 Å². The maximum absolute atomic E-state index is 13.0. The van der Waals surface area contributed by atoms with Gasteiger partial charge in [0.15, 0.2) is 0 Å². The summed E-state index contributed by atoms with van der Waals surface area (Å²) in [7, 11) is 1.58. The molecule has 6 heteroatoms. The van der Waals surface area contributed by atoms with Gasteiger partial charge in [0.05, 0.1) is 11.6 Å². The van der Waals surface area contributed by atoms with Crippen molar-refractivity contribution in [2.45, 2.75) is 12.2 Å². The van der Waals surface area contributed by atoms with Crippen LogP contribution < -0.4 is 5.32 Å². The van der Waals surface area contributed by atoms with Gasteiger partial charge in [-0.15, -0.1) is 0 Å². The van der Waals surface area contributed by atoms with Crippen molar-refractivity contribution in [3.8, 4) is 0 Å². The molecule has 0 fully saturated rings. The molecule has 0 aliphatic rings. The number of halogens is 3. The lowest BCUT2D eigenvalue weighted by atomic mass is 9.99. The first-order valence-electron chi connectivity index (χ1n) is 5.64. The Hall–Kier alpha value is -1.95. The lowest BCUT2D eigenvalue weighted by molar-refractivity contribution is -0.138. The Labute approximate surface area is 108 Å². The van der Waals surface area contributed by atoms with E-state index in [-0.39, 0.29) is 5.56 Å². The molecule has 0 spiro atoms. The fourth-order valence-electron chi connectivity index (χ4n) is 1.89. The largest absolute Gasteiger partial charge is 0.416 e. The average molecular weight is 267 g/mol. The van der Waals surface area contributed by atoms with Crippen LogP contribution in [0.25, 0.3) is 0 Å². The lowest BCUT2D eigenvalue weighted by Gasteiger charge is -2.20. The zero-order valence-corrected chi connectivity index (χ0v) is 10.1. The molecule has 0 amide bonds. The predicted octanol–water partition coefficient (Wildman–Crippen LogP) is 2.80. The number of aromatic nitrogens is 2. The van der Waals surface area contributed by atoms with E-state index in [1.54, 1.807) is 19.2 Å². The summed E-state index contributed by atoms with van der Waals surface area (Å²) in [5.41, 5.74) is -0.564. The zero-order chi connectivity index (χ0) is 13.9. The monoisotopic (exact) mass is 267 g/mol. The number of nitrogens with one attached hydrogen (secondary N) is 1. The van der Waals surface area contributed by atoms with Gasteiger partial charge in [-0.1, -0.05) is 18.2 Å². The first-order chi connectivity index (χ1) is 9.04. The Morgan fingerprint density at radius 1 is 1.05 bits per heavy atom. The normalized spacial score (nSPS) is 13.3. The molecule has 0 saturated carbocycles. The smallest absolute Gasteiger partial charge is 0.307 e. The number of hydrogen-bond donors (Lipinski definition) is 1. The second-order valence-electron chi connectivity index (χ2n) is 3.91. The predicted molar refractivity (Wildman–Crippen MR) is 64.4 cm³/mol. The van der Waals surface area contributed by atoms with Crippen molar-refractivity contribution in [2.75, 3.05) is 7.05 Å². The number of alkyl halides is 3. The molecule has 1 heterocycles. The van der Waals surface area contributed by atoms with Crippen LogP contribution in [0.3, 0.4) is 0 Å². The summed E-state index contributed by atoms with van der Waals surface area (Å²) < 4.78 is 39.0. The first kappa shape index (κ1) is 13.5. The molecule has 100 valence electrons. The van der Waals surface area contributed by atoms with Crippen LogP contribution in [0.1, 0.15) is 23.0 Å². The minimum Gasteiger partial charge on any atom is -0.307 e. The summed E-state index contributed by atoms with van der Waals surface area (Å²) in [6, 6.07) is 6.34. The van der Waals surface area contributed by atoms with Crippen molar-refractivity contribution in [2.24, 2.45) is 0 Å². The molecule has 0 radical (unpaired) electrons. The SMILES string of the molecule is CNC(c1ncccn1)c1ccccc1C(F)(F)F. The van der Waals surface area contributed by atoms with Crippen LogP contribution in [0.15, 0.2) is 42.7 Å². The van der Waals surface area contributed by atoms with Crippen LogP contribution in [0.2, 0.25) is 0 Å². The molecule has 2 aromatic rings. The number of benzene rings is 1. The molecule has 3 nitrogen and oxygen atoms in total. The Kier molecular flexibility index (Phi) is 3.80. The molecule has 2 rings (SSSR count). The highest BCUT2D eigenvalue weighted by Crippen LogP contribution is 2.35. The zero-order valence-electron chi connectivity index (χ0n) is 10.1. The first-order valence-corrected chi connectivity index (χ1v) is 5.64. The van der Waals surface area contributed by atoms with Crippen molar-refractivity contribution in [1.29, 1.82) is 0 Å². The summed E-state index contributed by atoms with van der Waals surface area (Å²) in [4.78, 5) is 8.02. The Morgan fingerprint density at radius 3 is 2.26 bits per heavy atom. The van der Waals surface area contributed by atoms with E-state index >= 15 is 0 Å². The van der Waals surface area contributed by atoms with Crippen molar-refractivity contribution < 1.29 is 13.2 Å². The Bertz CT molecular complexity index is 540. The molecular formula is C13H12F3N3. The van der Waals surface area contributed by atoms with Crippen LogP contribution in [0, 0.1) is 0 Å². The number of nitrogens with zero attached hydrogens (tertiary/aromatic N) is 2. The molecule has 1 atom stereocenters. The summed E-state index contributed by atoms with van der Waals surface area (Å²) in [6.45, 7) is 0. The van der Waals surface area contributed by atoms with Gasteiger partial charge in [0.2, 0.25) is 0 Å². The molecule has 0 saturated heterocycles. The van der Waals surface area contributed by atoms with E-state index in [0.717, 1.165) is 6.07 Å². The van der Waals surface area contributed by atoms with E-state index in [1.807, 2.05) is 0 Å². The second-order valence-corrected chi connectivity index (χ2v) is 3.91.